The van der Waals surface area contributed by atoms with Crippen molar-refractivity contribution in [1.29, 1.82) is 0 Å². The Labute approximate surface area is 130 Å². The van der Waals surface area contributed by atoms with Gasteiger partial charge in [-0.25, -0.2) is 4.79 Å². The second-order valence-corrected chi connectivity index (χ2v) is 5.10. The number of aromatic carboxylic acids is 1. The number of hydrogen-bond acceptors (Lipinski definition) is 3. The summed E-state index contributed by atoms with van der Waals surface area (Å²) in [5, 5.41) is 12.3. The molecule has 0 unspecified atom stereocenters. The van der Waals surface area contributed by atoms with Crippen LogP contribution in [0.2, 0.25) is 10.0 Å². The van der Waals surface area contributed by atoms with E-state index in [1.165, 1.54) is 12.1 Å². The number of halogens is 2. The van der Waals surface area contributed by atoms with Gasteiger partial charge in [-0.2, -0.15) is 0 Å². The van der Waals surface area contributed by atoms with Gasteiger partial charge in [-0.05, 0) is 29.8 Å². The third-order valence-corrected chi connectivity index (χ3v) is 3.29. The summed E-state index contributed by atoms with van der Waals surface area (Å²) in [6, 6.07) is 7.73. The van der Waals surface area contributed by atoms with Crippen molar-refractivity contribution in [2.24, 2.45) is 0 Å². The highest BCUT2D eigenvalue weighted by Crippen LogP contribution is 2.21. The summed E-state index contributed by atoms with van der Waals surface area (Å²) in [7, 11) is 0. The molecule has 0 radical (unpaired) electrons. The van der Waals surface area contributed by atoms with Crippen LogP contribution in [0.3, 0.4) is 0 Å². The molecule has 1 amide bonds. The first-order valence-corrected chi connectivity index (χ1v) is 6.74. The molecule has 0 spiro atoms. The van der Waals surface area contributed by atoms with Crippen LogP contribution in [0.25, 0.3) is 0 Å². The number of carboxylic acid groups (broad SMARTS) is 1. The van der Waals surface area contributed by atoms with E-state index in [4.69, 9.17) is 32.7 Å². The van der Waals surface area contributed by atoms with Gasteiger partial charge in [-0.1, -0.05) is 29.3 Å². The summed E-state index contributed by atoms with van der Waals surface area (Å²) in [5.74, 6) is -1.21. The van der Waals surface area contributed by atoms with Crippen molar-refractivity contribution in [3.8, 4) is 0 Å². The van der Waals surface area contributed by atoms with Gasteiger partial charge in [0.2, 0.25) is 11.7 Å². The summed E-state index contributed by atoms with van der Waals surface area (Å²) in [5.41, 5.74) is 0.657. The van der Waals surface area contributed by atoms with Crippen molar-refractivity contribution in [2.45, 2.75) is 13.0 Å². The van der Waals surface area contributed by atoms with Gasteiger partial charge in [0.05, 0.1) is 13.0 Å². The number of hydrogen-bond donors (Lipinski definition) is 2. The zero-order valence-corrected chi connectivity index (χ0v) is 12.2. The largest absolute Gasteiger partial charge is 0.475 e. The zero-order valence-electron chi connectivity index (χ0n) is 10.7. The summed E-state index contributed by atoms with van der Waals surface area (Å²) in [6.07, 6.45) is 0.0997. The van der Waals surface area contributed by atoms with E-state index in [-0.39, 0.29) is 24.6 Å². The molecule has 21 heavy (non-hydrogen) atoms. The molecule has 7 heteroatoms. The van der Waals surface area contributed by atoms with Crippen molar-refractivity contribution in [2.75, 3.05) is 0 Å². The number of benzene rings is 1. The van der Waals surface area contributed by atoms with Crippen molar-refractivity contribution in [3.05, 3.63) is 57.5 Å². The quantitative estimate of drug-likeness (QED) is 0.884. The Balaban J connectivity index is 1.91. The lowest BCUT2D eigenvalue weighted by Gasteiger charge is -2.05. The standard InChI is InChI=1S/C14H11Cl2NO4/c15-9-2-1-8(11(16)6-9)5-13(18)17-7-10-3-4-12(21-10)14(19)20/h1-4,6H,5,7H2,(H,17,18)(H,19,20). The molecule has 0 aliphatic heterocycles. The van der Waals surface area contributed by atoms with Crippen LogP contribution in [0.15, 0.2) is 34.7 Å². The lowest BCUT2D eigenvalue weighted by Crippen LogP contribution is -2.24. The first-order valence-electron chi connectivity index (χ1n) is 5.98. The van der Waals surface area contributed by atoms with E-state index in [9.17, 15) is 9.59 Å². The van der Waals surface area contributed by atoms with Crippen LogP contribution in [0, 0.1) is 0 Å². The second-order valence-electron chi connectivity index (χ2n) is 4.26. The van der Waals surface area contributed by atoms with Crippen LogP contribution in [0.1, 0.15) is 21.9 Å². The molecule has 2 N–H and O–H groups in total. The summed E-state index contributed by atoms with van der Waals surface area (Å²) >= 11 is 11.8. The minimum Gasteiger partial charge on any atom is -0.475 e. The van der Waals surface area contributed by atoms with Crippen molar-refractivity contribution < 1.29 is 19.1 Å². The number of rotatable bonds is 5. The van der Waals surface area contributed by atoms with Gasteiger partial charge in [0, 0.05) is 10.0 Å². The third kappa shape index (κ3) is 4.24. The van der Waals surface area contributed by atoms with Crippen LogP contribution in [0.4, 0.5) is 0 Å². The van der Waals surface area contributed by atoms with E-state index in [2.05, 4.69) is 5.32 Å². The Kier molecular flexibility index (Phi) is 4.88. The SMILES string of the molecule is O=C(Cc1ccc(Cl)cc1Cl)NCc1ccc(C(=O)O)o1. The molecule has 0 fully saturated rings. The van der Waals surface area contributed by atoms with E-state index in [0.717, 1.165) is 0 Å². The Bertz CT molecular complexity index is 681. The summed E-state index contributed by atoms with van der Waals surface area (Å²) < 4.78 is 5.03. The molecule has 1 aromatic heterocycles. The van der Waals surface area contributed by atoms with Gasteiger partial charge in [0.15, 0.2) is 0 Å². The van der Waals surface area contributed by atoms with Gasteiger partial charge >= 0.3 is 5.97 Å². The molecule has 110 valence electrons. The molecule has 0 atom stereocenters. The van der Waals surface area contributed by atoms with E-state index >= 15 is 0 Å². The third-order valence-electron chi connectivity index (χ3n) is 2.70. The fourth-order valence-electron chi connectivity index (χ4n) is 1.67. The number of carbonyl (C=O) groups is 2. The maximum absolute atomic E-state index is 11.8. The number of carbonyl (C=O) groups excluding carboxylic acids is 1. The van der Waals surface area contributed by atoms with Crippen molar-refractivity contribution >= 4 is 35.1 Å². The smallest absolute Gasteiger partial charge is 0.371 e. The molecule has 2 aromatic rings. The fourth-order valence-corrected chi connectivity index (χ4v) is 2.15. The zero-order chi connectivity index (χ0) is 15.4. The van der Waals surface area contributed by atoms with Crippen LogP contribution in [-0.2, 0) is 17.8 Å². The van der Waals surface area contributed by atoms with Crippen LogP contribution >= 0.6 is 23.2 Å². The van der Waals surface area contributed by atoms with Crippen LogP contribution in [0.5, 0.6) is 0 Å². The molecule has 0 bridgehead atoms. The Morgan fingerprint density at radius 2 is 1.95 bits per heavy atom. The number of amides is 1. The maximum atomic E-state index is 11.8. The maximum Gasteiger partial charge on any atom is 0.371 e. The van der Waals surface area contributed by atoms with Gasteiger partial charge < -0.3 is 14.8 Å². The molecule has 1 aromatic carbocycles. The first kappa shape index (κ1) is 15.4. The molecule has 0 saturated carbocycles. The highest BCUT2D eigenvalue weighted by molar-refractivity contribution is 6.35. The van der Waals surface area contributed by atoms with Crippen LogP contribution < -0.4 is 5.32 Å². The minimum atomic E-state index is -1.15. The Morgan fingerprint density at radius 1 is 1.19 bits per heavy atom. The van der Waals surface area contributed by atoms with Gasteiger partial charge in [0.25, 0.3) is 0 Å². The molecule has 0 saturated heterocycles. The van der Waals surface area contributed by atoms with Crippen molar-refractivity contribution in [3.63, 3.8) is 0 Å². The number of furan rings is 1. The van der Waals surface area contributed by atoms with Gasteiger partial charge in [-0.15, -0.1) is 0 Å². The van der Waals surface area contributed by atoms with Crippen molar-refractivity contribution in [1.82, 2.24) is 5.32 Å². The molecule has 0 aliphatic carbocycles. The predicted molar refractivity (Wildman–Crippen MR) is 77.7 cm³/mol. The lowest BCUT2D eigenvalue weighted by molar-refractivity contribution is -0.120. The predicted octanol–water partition coefficient (Wildman–Crippen LogP) is 3.14. The van der Waals surface area contributed by atoms with E-state index < -0.39 is 5.97 Å². The molecule has 2 rings (SSSR count). The average molecular weight is 328 g/mol. The van der Waals surface area contributed by atoms with Gasteiger partial charge in [-0.3, -0.25) is 4.79 Å². The summed E-state index contributed by atoms with van der Waals surface area (Å²) in [4.78, 5) is 22.5. The monoisotopic (exact) mass is 327 g/mol. The van der Waals surface area contributed by atoms with E-state index in [1.807, 2.05) is 0 Å². The average Bonchev–Trinajstić information content (AvgIpc) is 2.89. The molecule has 0 aliphatic rings. The second kappa shape index (κ2) is 6.65. The molecular formula is C14H11Cl2NO4. The normalized spacial score (nSPS) is 10.4. The van der Waals surface area contributed by atoms with Crippen LogP contribution in [-0.4, -0.2) is 17.0 Å². The van der Waals surface area contributed by atoms with E-state index in [0.29, 0.717) is 21.4 Å². The molecular weight excluding hydrogens is 317 g/mol. The molecule has 5 nitrogen and oxygen atoms in total. The topological polar surface area (TPSA) is 79.5 Å². The van der Waals surface area contributed by atoms with Gasteiger partial charge in [0.1, 0.15) is 5.76 Å². The Hall–Kier alpha value is -1.98. The number of carboxylic acids is 1. The van der Waals surface area contributed by atoms with E-state index in [1.54, 1.807) is 18.2 Å². The highest BCUT2D eigenvalue weighted by Gasteiger charge is 2.11. The number of nitrogens with one attached hydrogen (secondary N) is 1. The summed E-state index contributed by atoms with van der Waals surface area (Å²) in [6.45, 7) is 0.108. The fraction of sp³-hybridized carbons (Fsp3) is 0.143. The minimum absolute atomic E-state index is 0.0997. The highest BCUT2D eigenvalue weighted by atomic mass is 35.5. The Morgan fingerprint density at radius 3 is 2.57 bits per heavy atom. The molecule has 1 heterocycles. The lowest BCUT2D eigenvalue weighted by atomic mass is 10.1. The first-order chi connectivity index (χ1) is 9.95.